The minimum Gasteiger partial charge on any atom is -0.394 e. The second-order valence-corrected chi connectivity index (χ2v) is 8.00. The van der Waals surface area contributed by atoms with Crippen molar-refractivity contribution in [1.82, 2.24) is 5.32 Å². The zero-order valence-corrected chi connectivity index (χ0v) is 16.3. The number of ether oxygens (including phenoxy) is 3. The lowest BCUT2D eigenvalue weighted by Crippen LogP contribution is -2.34. The fraction of sp³-hybridized carbons (Fsp3) is 0.950. The van der Waals surface area contributed by atoms with Crippen LogP contribution in [-0.2, 0) is 19.0 Å². The summed E-state index contributed by atoms with van der Waals surface area (Å²) in [6.07, 6.45) is 7.27. The van der Waals surface area contributed by atoms with E-state index in [1.165, 1.54) is 32.1 Å². The maximum Gasteiger partial charge on any atom is 0.220 e. The molecule has 26 heavy (non-hydrogen) atoms. The van der Waals surface area contributed by atoms with Crippen LogP contribution in [0.25, 0.3) is 0 Å². The first kappa shape index (κ1) is 21.6. The number of hydrogen-bond acceptors (Lipinski definition) is 5. The molecule has 2 aliphatic carbocycles. The standard InChI is InChI=1S/C20H37NO5/c1-16-10-17-12-18(11-16)14-19(13-17)15-20(23)21-2-4-24-6-8-26-9-7-25-5-3-22/h16-19,22H,2-15H2,1H3,(H,21,23). The van der Waals surface area contributed by atoms with Crippen molar-refractivity contribution in [3.63, 3.8) is 0 Å². The smallest absolute Gasteiger partial charge is 0.220 e. The molecule has 2 rings (SSSR count). The summed E-state index contributed by atoms with van der Waals surface area (Å²) in [5, 5.41) is 11.5. The third-order valence-electron chi connectivity index (χ3n) is 5.49. The van der Waals surface area contributed by atoms with Crippen LogP contribution in [0.1, 0.15) is 45.4 Å². The van der Waals surface area contributed by atoms with Crippen LogP contribution in [-0.4, -0.2) is 63.8 Å². The Morgan fingerprint density at radius 1 is 0.885 bits per heavy atom. The summed E-state index contributed by atoms with van der Waals surface area (Å²) in [6, 6.07) is 0. The minimum absolute atomic E-state index is 0.0376. The predicted octanol–water partition coefficient (Wildman–Crippen LogP) is 2.00. The van der Waals surface area contributed by atoms with Gasteiger partial charge in [0.05, 0.1) is 46.2 Å². The van der Waals surface area contributed by atoms with Crippen molar-refractivity contribution in [2.75, 3.05) is 52.8 Å². The van der Waals surface area contributed by atoms with Gasteiger partial charge in [-0.3, -0.25) is 4.79 Å². The van der Waals surface area contributed by atoms with Crippen molar-refractivity contribution in [1.29, 1.82) is 0 Å². The topological polar surface area (TPSA) is 77.0 Å². The van der Waals surface area contributed by atoms with Crippen LogP contribution in [0.2, 0.25) is 0 Å². The Labute approximate surface area is 158 Å². The summed E-state index contributed by atoms with van der Waals surface area (Å²) in [5.74, 6) is 3.33. The number of aliphatic hydroxyl groups is 1. The molecule has 2 unspecified atom stereocenters. The zero-order chi connectivity index (χ0) is 18.6. The van der Waals surface area contributed by atoms with E-state index in [9.17, 15) is 4.79 Å². The average Bonchev–Trinajstić information content (AvgIpc) is 2.58. The third kappa shape index (κ3) is 8.80. The molecule has 0 saturated heterocycles. The first-order valence-electron chi connectivity index (χ1n) is 10.3. The molecule has 2 atom stereocenters. The van der Waals surface area contributed by atoms with Gasteiger partial charge in [-0.05, 0) is 55.8 Å². The molecule has 152 valence electrons. The molecule has 0 aromatic heterocycles. The second-order valence-electron chi connectivity index (χ2n) is 8.00. The number of rotatable bonds is 13. The fourth-order valence-electron chi connectivity index (χ4n) is 4.69. The summed E-state index contributed by atoms with van der Waals surface area (Å²) in [7, 11) is 0. The molecule has 0 heterocycles. The van der Waals surface area contributed by atoms with Crippen molar-refractivity contribution in [3.05, 3.63) is 0 Å². The van der Waals surface area contributed by atoms with Gasteiger partial charge in [0.15, 0.2) is 0 Å². The van der Waals surface area contributed by atoms with Gasteiger partial charge >= 0.3 is 0 Å². The van der Waals surface area contributed by atoms with Gasteiger partial charge < -0.3 is 24.6 Å². The fourth-order valence-corrected chi connectivity index (χ4v) is 4.69. The molecule has 2 aliphatic rings. The first-order chi connectivity index (χ1) is 12.7. The van der Waals surface area contributed by atoms with Gasteiger partial charge in [-0.25, -0.2) is 0 Å². The quantitative estimate of drug-likeness (QED) is 0.484. The summed E-state index contributed by atoms with van der Waals surface area (Å²) >= 11 is 0. The molecule has 0 aromatic carbocycles. The largest absolute Gasteiger partial charge is 0.394 e. The molecule has 2 N–H and O–H groups in total. The molecule has 0 aromatic rings. The van der Waals surface area contributed by atoms with Gasteiger partial charge in [0.25, 0.3) is 0 Å². The third-order valence-corrected chi connectivity index (χ3v) is 5.49. The van der Waals surface area contributed by atoms with Crippen molar-refractivity contribution >= 4 is 5.91 Å². The Morgan fingerprint density at radius 2 is 1.46 bits per heavy atom. The van der Waals surface area contributed by atoms with Crippen LogP contribution in [0.5, 0.6) is 0 Å². The normalized spacial score (nSPS) is 28.1. The molecular weight excluding hydrogens is 334 g/mol. The van der Waals surface area contributed by atoms with Crippen molar-refractivity contribution < 1.29 is 24.1 Å². The van der Waals surface area contributed by atoms with Crippen LogP contribution in [0, 0.1) is 23.7 Å². The van der Waals surface area contributed by atoms with Gasteiger partial charge in [-0.15, -0.1) is 0 Å². The van der Waals surface area contributed by atoms with Crippen molar-refractivity contribution in [2.24, 2.45) is 23.7 Å². The van der Waals surface area contributed by atoms with Crippen molar-refractivity contribution in [2.45, 2.75) is 45.4 Å². The Kier molecular flexibility index (Phi) is 10.5. The molecule has 0 radical (unpaired) electrons. The Balaban J connectivity index is 1.41. The number of hydrogen-bond donors (Lipinski definition) is 2. The van der Waals surface area contributed by atoms with Gasteiger partial charge in [0.1, 0.15) is 0 Å². The number of carbonyl (C=O) groups is 1. The molecule has 1 amide bonds. The van der Waals surface area contributed by atoms with Crippen LogP contribution < -0.4 is 5.32 Å². The lowest BCUT2D eigenvalue weighted by molar-refractivity contribution is -0.122. The molecule has 6 heteroatoms. The Morgan fingerprint density at radius 3 is 2.08 bits per heavy atom. The van der Waals surface area contributed by atoms with Crippen LogP contribution >= 0.6 is 0 Å². The highest BCUT2D eigenvalue weighted by molar-refractivity contribution is 5.76. The number of fused-ring (bicyclic) bond motifs is 2. The zero-order valence-electron chi connectivity index (χ0n) is 16.3. The van der Waals surface area contributed by atoms with Gasteiger partial charge in [0, 0.05) is 13.0 Å². The van der Waals surface area contributed by atoms with E-state index in [-0.39, 0.29) is 12.5 Å². The minimum atomic E-state index is 0.0376. The van der Waals surface area contributed by atoms with E-state index >= 15 is 0 Å². The van der Waals surface area contributed by atoms with E-state index in [1.54, 1.807) is 0 Å². The van der Waals surface area contributed by atoms with E-state index < -0.39 is 0 Å². The van der Waals surface area contributed by atoms with Crippen LogP contribution in [0.4, 0.5) is 0 Å². The second kappa shape index (κ2) is 12.7. The first-order valence-corrected chi connectivity index (χ1v) is 10.3. The molecule has 0 aliphatic heterocycles. The molecule has 2 fully saturated rings. The van der Waals surface area contributed by atoms with E-state index in [2.05, 4.69) is 12.2 Å². The number of nitrogens with one attached hydrogen (secondary N) is 1. The summed E-state index contributed by atoms with van der Waals surface area (Å²) < 4.78 is 15.9. The van der Waals surface area contributed by atoms with Gasteiger partial charge in [-0.1, -0.05) is 6.92 Å². The highest BCUT2D eigenvalue weighted by atomic mass is 16.5. The molecular formula is C20H37NO5. The Hall–Kier alpha value is -0.690. The monoisotopic (exact) mass is 371 g/mol. The van der Waals surface area contributed by atoms with E-state index in [1.807, 2.05) is 0 Å². The Bertz CT molecular complexity index is 374. The molecule has 2 saturated carbocycles. The van der Waals surface area contributed by atoms with Crippen LogP contribution in [0.3, 0.4) is 0 Å². The average molecular weight is 372 g/mol. The number of aliphatic hydroxyl groups excluding tert-OH is 1. The maximum atomic E-state index is 12.1. The number of carbonyl (C=O) groups excluding carboxylic acids is 1. The van der Waals surface area contributed by atoms with E-state index in [0.717, 1.165) is 17.8 Å². The van der Waals surface area contributed by atoms with Crippen LogP contribution in [0.15, 0.2) is 0 Å². The summed E-state index contributed by atoms with van der Waals surface area (Å²) in [4.78, 5) is 12.1. The van der Waals surface area contributed by atoms with Gasteiger partial charge in [0.2, 0.25) is 5.91 Å². The lowest BCUT2D eigenvalue weighted by Gasteiger charge is -2.41. The summed E-state index contributed by atoms with van der Waals surface area (Å²) in [5.41, 5.74) is 0. The molecule has 0 spiro atoms. The molecule has 2 bridgehead atoms. The van der Waals surface area contributed by atoms with E-state index in [0.29, 0.717) is 58.5 Å². The predicted molar refractivity (Wildman–Crippen MR) is 99.9 cm³/mol. The number of amides is 1. The molecule has 6 nitrogen and oxygen atoms in total. The SMILES string of the molecule is CC1CC2CC(CC(=O)NCCOCCOCCOCCO)CC(C1)C2. The lowest BCUT2D eigenvalue weighted by atomic mass is 9.64. The van der Waals surface area contributed by atoms with Gasteiger partial charge in [-0.2, -0.15) is 0 Å². The highest BCUT2D eigenvalue weighted by Crippen LogP contribution is 2.45. The summed E-state index contributed by atoms with van der Waals surface area (Å²) in [6.45, 7) is 5.86. The highest BCUT2D eigenvalue weighted by Gasteiger charge is 2.35. The van der Waals surface area contributed by atoms with Crippen molar-refractivity contribution in [3.8, 4) is 0 Å². The van der Waals surface area contributed by atoms with E-state index in [4.69, 9.17) is 19.3 Å². The maximum absolute atomic E-state index is 12.1.